The Labute approximate surface area is 127 Å². The zero-order valence-electron chi connectivity index (χ0n) is 12.1. The molecule has 0 heterocycles. The Hall–Kier alpha value is -3.09. The minimum Gasteiger partial charge on any atom is -0.495 e. The first-order valence-corrected chi connectivity index (χ1v) is 6.47. The average molecular weight is 301 g/mol. The number of carbonyl (C=O) groups is 1. The molecule has 2 aromatic carbocycles. The van der Waals surface area contributed by atoms with Crippen molar-refractivity contribution in [2.75, 3.05) is 17.7 Å². The molecule has 0 aliphatic heterocycles. The summed E-state index contributed by atoms with van der Waals surface area (Å²) in [6.07, 6.45) is 0. The van der Waals surface area contributed by atoms with E-state index in [4.69, 9.17) is 4.74 Å². The van der Waals surface area contributed by atoms with Crippen LogP contribution in [0.1, 0.15) is 5.56 Å². The second-order valence-electron chi connectivity index (χ2n) is 4.54. The van der Waals surface area contributed by atoms with Crippen LogP contribution in [0.15, 0.2) is 42.5 Å². The van der Waals surface area contributed by atoms with E-state index >= 15 is 0 Å². The molecule has 0 aromatic heterocycles. The maximum atomic E-state index is 12.0. The molecule has 0 bridgehead atoms. The minimum absolute atomic E-state index is 0.132. The van der Waals surface area contributed by atoms with Gasteiger partial charge < -0.3 is 15.4 Å². The molecular weight excluding hydrogens is 286 g/mol. The molecule has 0 spiro atoms. The van der Waals surface area contributed by atoms with Crippen LogP contribution in [-0.2, 0) is 0 Å². The number of anilines is 2. The van der Waals surface area contributed by atoms with Gasteiger partial charge in [-0.05, 0) is 24.6 Å². The number of rotatable bonds is 4. The van der Waals surface area contributed by atoms with Crippen molar-refractivity contribution in [1.82, 2.24) is 0 Å². The molecular formula is C15H15N3O4. The second-order valence-corrected chi connectivity index (χ2v) is 4.54. The highest BCUT2D eigenvalue weighted by atomic mass is 16.6. The van der Waals surface area contributed by atoms with E-state index in [9.17, 15) is 14.9 Å². The Morgan fingerprint density at radius 1 is 1.14 bits per heavy atom. The summed E-state index contributed by atoms with van der Waals surface area (Å²) in [5.41, 5.74) is 1.66. The first-order chi connectivity index (χ1) is 10.5. The van der Waals surface area contributed by atoms with Crippen molar-refractivity contribution in [2.24, 2.45) is 0 Å². The standard InChI is InChI=1S/C15H15N3O4/c1-10-5-3-4-6-12(10)16-15(19)17-13-9-11(18(20)21)7-8-14(13)22-2/h3-9H,1-2H3,(H2,16,17,19). The van der Waals surface area contributed by atoms with Crippen LogP contribution in [0.2, 0.25) is 0 Å². The summed E-state index contributed by atoms with van der Waals surface area (Å²) in [7, 11) is 1.42. The van der Waals surface area contributed by atoms with Gasteiger partial charge in [0, 0.05) is 17.8 Å². The van der Waals surface area contributed by atoms with Gasteiger partial charge in [0.05, 0.1) is 17.7 Å². The number of non-ortho nitro benzene ring substituents is 1. The number of hydrogen-bond acceptors (Lipinski definition) is 4. The highest BCUT2D eigenvalue weighted by molar-refractivity contribution is 6.01. The van der Waals surface area contributed by atoms with Crippen molar-refractivity contribution < 1.29 is 14.5 Å². The number of ether oxygens (including phenoxy) is 1. The normalized spacial score (nSPS) is 9.91. The first-order valence-electron chi connectivity index (χ1n) is 6.47. The molecule has 2 N–H and O–H groups in total. The number of aryl methyl sites for hydroxylation is 1. The van der Waals surface area contributed by atoms with Gasteiger partial charge in [0.2, 0.25) is 0 Å². The van der Waals surface area contributed by atoms with E-state index in [1.54, 1.807) is 12.1 Å². The third-order valence-corrected chi connectivity index (χ3v) is 3.04. The molecule has 2 aromatic rings. The highest BCUT2D eigenvalue weighted by Gasteiger charge is 2.14. The lowest BCUT2D eigenvalue weighted by Crippen LogP contribution is -2.20. The number of benzene rings is 2. The van der Waals surface area contributed by atoms with Crippen molar-refractivity contribution in [3.8, 4) is 5.75 Å². The number of nitro groups is 1. The topological polar surface area (TPSA) is 93.5 Å². The molecule has 0 saturated heterocycles. The third-order valence-electron chi connectivity index (χ3n) is 3.04. The van der Waals surface area contributed by atoms with Gasteiger partial charge in [0.15, 0.2) is 0 Å². The van der Waals surface area contributed by atoms with Crippen LogP contribution < -0.4 is 15.4 Å². The van der Waals surface area contributed by atoms with E-state index in [0.717, 1.165) is 5.56 Å². The molecule has 2 amide bonds. The second kappa shape index (κ2) is 6.57. The first kappa shape index (κ1) is 15.3. The maximum Gasteiger partial charge on any atom is 0.323 e. The quantitative estimate of drug-likeness (QED) is 0.667. The molecule has 7 heteroatoms. The van der Waals surface area contributed by atoms with Gasteiger partial charge in [-0.15, -0.1) is 0 Å². The summed E-state index contributed by atoms with van der Waals surface area (Å²) in [6.45, 7) is 1.86. The number of nitrogens with one attached hydrogen (secondary N) is 2. The molecule has 2 rings (SSSR count). The number of nitrogens with zero attached hydrogens (tertiary/aromatic N) is 1. The number of carbonyl (C=O) groups excluding carboxylic acids is 1. The lowest BCUT2D eigenvalue weighted by molar-refractivity contribution is -0.384. The predicted molar refractivity (Wildman–Crippen MR) is 83.5 cm³/mol. The Bertz CT molecular complexity index is 716. The molecule has 0 atom stereocenters. The zero-order valence-corrected chi connectivity index (χ0v) is 12.1. The summed E-state index contributed by atoms with van der Waals surface area (Å²) >= 11 is 0. The van der Waals surface area contributed by atoms with Gasteiger partial charge >= 0.3 is 6.03 Å². The van der Waals surface area contributed by atoms with Gasteiger partial charge in [0.25, 0.3) is 5.69 Å². The van der Waals surface area contributed by atoms with E-state index in [1.807, 2.05) is 19.1 Å². The summed E-state index contributed by atoms with van der Waals surface area (Å²) in [5.74, 6) is 0.338. The third kappa shape index (κ3) is 3.51. The maximum absolute atomic E-state index is 12.0. The average Bonchev–Trinajstić information content (AvgIpc) is 2.49. The Balaban J connectivity index is 2.19. The zero-order chi connectivity index (χ0) is 16.1. The number of methoxy groups -OCH3 is 1. The number of para-hydroxylation sites is 1. The van der Waals surface area contributed by atoms with Crippen molar-refractivity contribution in [2.45, 2.75) is 6.92 Å². The van der Waals surface area contributed by atoms with Crippen LogP contribution in [0, 0.1) is 17.0 Å². The van der Waals surface area contributed by atoms with E-state index in [0.29, 0.717) is 11.4 Å². The van der Waals surface area contributed by atoms with E-state index in [1.165, 1.54) is 25.3 Å². The number of nitro benzene ring substituents is 1. The van der Waals surface area contributed by atoms with Gasteiger partial charge in [-0.2, -0.15) is 0 Å². The highest BCUT2D eigenvalue weighted by Crippen LogP contribution is 2.29. The lowest BCUT2D eigenvalue weighted by Gasteiger charge is -2.12. The minimum atomic E-state index is -0.538. The molecule has 0 unspecified atom stereocenters. The number of urea groups is 1. The largest absolute Gasteiger partial charge is 0.495 e. The van der Waals surface area contributed by atoms with E-state index in [-0.39, 0.29) is 11.4 Å². The van der Waals surface area contributed by atoms with Crippen LogP contribution in [0.3, 0.4) is 0 Å². The van der Waals surface area contributed by atoms with Crippen LogP contribution in [-0.4, -0.2) is 18.1 Å². The van der Waals surface area contributed by atoms with Crippen LogP contribution >= 0.6 is 0 Å². The smallest absolute Gasteiger partial charge is 0.323 e. The van der Waals surface area contributed by atoms with Gasteiger partial charge in [-0.3, -0.25) is 10.1 Å². The summed E-state index contributed by atoms with van der Waals surface area (Å²) in [4.78, 5) is 22.3. The van der Waals surface area contributed by atoms with Crippen LogP contribution in [0.25, 0.3) is 0 Å². The molecule has 114 valence electrons. The predicted octanol–water partition coefficient (Wildman–Crippen LogP) is 3.56. The van der Waals surface area contributed by atoms with E-state index in [2.05, 4.69) is 10.6 Å². The molecule has 22 heavy (non-hydrogen) atoms. The Morgan fingerprint density at radius 2 is 1.82 bits per heavy atom. The fraction of sp³-hybridized carbons (Fsp3) is 0.133. The summed E-state index contributed by atoms with van der Waals surface area (Å²) in [6, 6.07) is 10.8. The molecule has 0 saturated carbocycles. The lowest BCUT2D eigenvalue weighted by atomic mass is 10.2. The van der Waals surface area contributed by atoms with Crippen molar-refractivity contribution >= 4 is 23.1 Å². The molecule has 0 radical (unpaired) electrons. The molecule has 0 fully saturated rings. The monoisotopic (exact) mass is 301 g/mol. The van der Waals surface area contributed by atoms with E-state index < -0.39 is 11.0 Å². The summed E-state index contributed by atoms with van der Waals surface area (Å²) in [5, 5.41) is 16.0. The van der Waals surface area contributed by atoms with Crippen LogP contribution in [0.4, 0.5) is 21.9 Å². The van der Waals surface area contributed by atoms with Gasteiger partial charge in [-0.25, -0.2) is 4.79 Å². The van der Waals surface area contributed by atoms with Crippen molar-refractivity contribution in [3.63, 3.8) is 0 Å². The molecule has 0 aliphatic carbocycles. The molecule has 0 aliphatic rings. The van der Waals surface area contributed by atoms with Crippen molar-refractivity contribution in [3.05, 3.63) is 58.1 Å². The fourth-order valence-corrected chi connectivity index (χ4v) is 1.90. The summed E-state index contributed by atoms with van der Waals surface area (Å²) < 4.78 is 5.09. The van der Waals surface area contributed by atoms with Crippen molar-refractivity contribution in [1.29, 1.82) is 0 Å². The number of amides is 2. The Kier molecular flexibility index (Phi) is 4.57. The molecule has 7 nitrogen and oxygen atoms in total. The van der Waals surface area contributed by atoms with Crippen LogP contribution in [0.5, 0.6) is 5.75 Å². The number of hydrogen-bond donors (Lipinski definition) is 2. The van der Waals surface area contributed by atoms with Gasteiger partial charge in [0.1, 0.15) is 5.75 Å². The Morgan fingerprint density at radius 3 is 2.45 bits per heavy atom. The SMILES string of the molecule is COc1ccc([N+](=O)[O-])cc1NC(=O)Nc1ccccc1C. The fourth-order valence-electron chi connectivity index (χ4n) is 1.90. The van der Waals surface area contributed by atoms with Gasteiger partial charge in [-0.1, -0.05) is 18.2 Å².